The van der Waals surface area contributed by atoms with Crippen LogP contribution in [0.2, 0.25) is 0 Å². The van der Waals surface area contributed by atoms with Crippen molar-refractivity contribution in [1.82, 2.24) is 0 Å². The van der Waals surface area contributed by atoms with E-state index in [-0.39, 0.29) is 6.10 Å². The lowest BCUT2D eigenvalue weighted by Gasteiger charge is -2.44. The van der Waals surface area contributed by atoms with E-state index in [1.807, 2.05) is 0 Å². The molecule has 2 rings (SSSR count). The molecule has 0 aliphatic heterocycles. The second-order valence-corrected chi connectivity index (χ2v) is 3.83. The third kappa shape index (κ3) is 0.536. The normalized spacial score (nSPS) is 56.7. The molecule has 9 heavy (non-hydrogen) atoms. The summed E-state index contributed by atoms with van der Waals surface area (Å²) < 4.78 is 0. The lowest BCUT2D eigenvalue weighted by Crippen LogP contribution is -2.40. The Kier molecular flexibility index (Phi) is 0.963. The molecular weight excluding hydrogens is 112 g/mol. The zero-order valence-electron chi connectivity index (χ0n) is 5.93. The summed E-state index contributed by atoms with van der Waals surface area (Å²) in [7, 11) is 0. The predicted octanol–water partition coefficient (Wildman–Crippen LogP) is 1.56. The molecule has 1 unspecified atom stereocenters. The van der Waals surface area contributed by atoms with Crippen LogP contribution >= 0.6 is 0 Å². The second-order valence-electron chi connectivity index (χ2n) is 3.83. The van der Waals surface area contributed by atoms with E-state index in [9.17, 15) is 5.11 Å². The van der Waals surface area contributed by atoms with Crippen molar-refractivity contribution in [3.63, 3.8) is 0 Å². The highest BCUT2D eigenvalue weighted by atomic mass is 16.3. The lowest BCUT2D eigenvalue weighted by molar-refractivity contribution is -0.0250. The van der Waals surface area contributed by atoms with E-state index in [1.54, 1.807) is 0 Å². The Balaban J connectivity index is 2.18. The van der Waals surface area contributed by atoms with Gasteiger partial charge in [-0.2, -0.15) is 0 Å². The van der Waals surface area contributed by atoms with Crippen molar-refractivity contribution in [1.29, 1.82) is 0 Å². The second kappa shape index (κ2) is 1.51. The van der Waals surface area contributed by atoms with E-state index in [0.29, 0.717) is 5.41 Å². The Morgan fingerprint density at radius 3 is 2.33 bits per heavy atom. The van der Waals surface area contributed by atoms with Crippen molar-refractivity contribution in [2.45, 2.75) is 38.7 Å². The fourth-order valence-electron chi connectivity index (χ4n) is 2.41. The standard InChI is InChI=1S/C8H14O/c1-8-5-4-6(8)2-3-7(8)9/h6-7,9H,2-5H2,1H3/t6?,7-,8+/m0/s1. The zero-order chi connectivity index (χ0) is 6.48. The van der Waals surface area contributed by atoms with Gasteiger partial charge in [-0.25, -0.2) is 0 Å². The Labute approximate surface area is 56.1 Å². The highest BCUT2D eigenvalue weighted by Gasteiger charge is 2.51. The molecule has 0 radical (unpaired) electrons. The van der Waals surface area contributed by atoms with Gasteiger partial charge in [0.15, 0.2) is 0 Å². The molecule has 0 amide bonds. The van der Waals surface area contributed by atoms with Crippen LogP contribution in [0.25, 0.3) is 0 Å². The first-order valence-electron chi connectivity index (χ1n) is 3.91. The summed E-state index contributed by atoms with van der Waals surface area (Å²) in [5.41, 5.74) is 0.347. The smallest absolute Gasteiger partial charge is 0.0596 e. The topological polar surface area (TPSA) is 20.2 Å². The zero-order valence-corrected chi connectivity index (χ0v) is 5.93. The number of aliphatic hydroxyl groups is 1. The molecule has 0 spiro atoms. The number of hydrogen-bond donors (Lipinski definition) is 1. The fraction of sp³-hybridized carbons (Fsp3) is 1.00. The van der Waals surface area contributed by atoms with Crippen molar-refractivity contribution in [3.8, 4) is 0 Å². The third-order valence-electron chi connectivity index (χ3n) is 3.51. The maximum Gasteiger partial charge on any atom is 0.0596 e. The van der Waals surface area contributed by atoms with Gasteiger partial charge in [-0.3, -0.25) is 0 Å². The maximum absolute atomic E-state index is 9.48. The number of hydrogen-bond acceptors (Lipinski definition) is 1. The van der Waals surface area contributed by atoms with Gasteiger partial charge in [0.2, 0.25) is 0 Å². The van der Waals surface area contributed by atoms with Gasteiger partial charge in [-0.05, 0) is 37.0 Å². The summed E-state index contributed by atoms with van der Waals surface area (Å²) in [6, 6.07) is 0. The summed E-state index contributed by atoms with van der Waals surface area (Å²) in [4.78, 5) is 0. The van der Waals surface area contributed by atoms with Crippen LogP contribution in [0.15, 0.2) is 0 Å². The van der Waals surface area contributed by atoms with Crippen molar-refractivity contribution >= 4 is 0 Å². The maximum atomic E-state index is 9.48. The number of aliphatic hydroxyl groups excluding tert-OH is 1. The molecule has 2 aliphatic carbocycles. The van der Waals surface area contributed by atoms with Crippen LogP contribution in [-0.2, 0) is 0 Å². The molecule has 0 saturated heterocycles. The van der Waals surface area contributed by atoms with Gasteiger partial charge >= 0.3 is 0 Å². The minimum atomic E-state index is 0.0243. The molecule has 0 aromatic rings. The van der Waals surface area contributed by atoms with Crippen LogP contribution in [0.3, 0.4) is 0 Å². The van der Waals surface area contributed by atoms with Gasteiger partial charge < -0.3 is 5.11 Å². The van der Waals surface area contributed by atoms with Crippen LogP contribution in [0.1, 0.15) is 32.6 Å². The summed E-state index contributed by atoms with van der Waals surface area (Å²) in [6.45, 7) is 2.23. The Morgan fingerprint density at radius 1 is 1.33 bits per heavy atom. The van der Waals surface area contributed by atoms with Crippen molar-refractivity contribution in [3.05, 3.63) is 0 Å². The first kappa shape index (κ1) is 5.72. The molecule has 2 aliphatic rings. The molecule has 52 valence electrons. The van der Waals surface area contributed by atoms with Gasteiger partial charge in [-0.1, -0.05) is 6.92 Å². The molecule has 0 heterocycles. The largest absolute Gasteiger partial charge is 0.393 e. The van der Waals surface area contributed by atoms with E-state index in [2.05, 4.69) is 6.92 Å². The molecule has 0 aromatic heterocycles. The van der Waals surface area contributed by atoms with Crippen molar-refractivity contribution < 1.29 is 5.11 Å². The molecule has 0 bridgehead atoms. The van der Waals surface area contributed by atoms with E-state index in [0.717, 1.165) is 12.3 Å². The van der Waals surface area contributed by atoms with Crippen LogP contribution in [0, 0.1) is 11.3 Å². The molecular formula is C8H14O. The van der Waals surface area contributed by atoms with Crippen molar-refractivity contribution in [2.75, 3.05) is 0 Å². The molecule has 1 heteroatoms. The van der Waals surface area contributed by atoms with Crippen molar-refractivity contribution in [2.24, 2.45) is 11.3 Å². The first-order valence-corrected chi connectivity index (χ1v) is 3.91. The molecule has 2 saturated carbocycles. The minimum absolute atomic E-state index is 0.0243. The summed E-state index contributed by atoms with van der Waals surface area (Å²) in [6.07, 6.45) is 4.99. The van der Waals surface area contributed by atoms with Gasteiger partial charge in [0, 0.05) is 0 Å². The van der Waals surface area contributed by atoms with E-state index >= 15 is 0 Å². The van der Waals surface area contributed by atoms with Crippen LogP contribution in [0.4, 0.5) is 0 Å². The number of fused-ring (bicyclic) bond motifs is 1. The third-order valence-corrected chi connectivity index (χ3v) is 3.51. The molecule has 2 fully saturated rings. The number of rotatable bonds is 0. The molecule has 1 nitrogen and oxygen atoms in total. The highest BCUT2D eigenvalue weighted by molar-refractivity contribution is 5.02. The van der Waals surface area contributed by atoms with Gasteiger partial charge in [0.25, 0.3) is 0 Å². The fourth-order valence-corrected chi connectivity index (χ4v) is 2.41. The SMILES string of the molecule is C[C@@]12CCC1CC[C@@H]2O. The molecule has 0 aromatic carbocycles. The van der Waals surface area contributed by atoms with Crippen LogP contribution in [0.5, 0.6) is 0 Å². The van der Waals surface area contributed by atoms with Crippen LogP contribution < -0.4 is 0 Å². The van der Waals surface area contributed by atoms with E-state index < -0.39 is 0 Å². The summed E-state index contributed by atoms with van der Waals surface area (Å²) in [5.74, 6) is 0.868. The van der Waals surface area contributed by atoms with Gasteiger partial charge in [0.05, 0.1) is 6.10 Å². The average Bonchev–Trinajstić information content (AvgIpc) is 1.96. The van der Waals surface area contributed by atoms with Gasteiger partial charge in [-0.15, -0.1) is 0 Å². The highest BCUT2D eigenvalue weighted by Crippen LogP contribution is 2.56. The Hall–Kier alpha value is -0.0400. The van der Waals surface area contributed by atoms with Crippen LogP contribution in [-0.4, -0.2) is 11.2 Å². The first-order chi connectivity index (χ1) is 4.23. The Morgan fingerprint density at radius 2 is 2.11 bits per heavy atom. The summed E-state index contributed by atoms with van der Waals surface area (Å²) in [5, 5.41) is 9.48. The predicted molar refractivity (Wildman–Crippen MR) is 36.1 cm³/mol. The molecule has 1 N–H and O–H groups in total. The molecule has 3 atom stereocenters. The minimum Gasteiger partial charge on any atom is -0.393 e. The monoisotopic (exact) mass is 126 g/mol. The van der Waals surface area contributed by atoms with Gasteiger partial charge in [0.1, 0.15) is 0 Å². The Bertz CT molecular complexity index is 125. The summed E-state index contributed by atoms with van der Waals surface area (Å²) >= 11 is 0. The quantitative estimate of drug-likeness (QED) is 0.522. The van der Waals surface area contributed by atoms with E-state index in [4.69, 9.17) is 0 Å². The lowest BCUT2D eigenvalue weighted by atomic mass is 9.62. The van der Waals surface area contributed by atoms with E-state index in [1.165, 1.54) is 19.3 Å². The average molecular weight is 126 g/mol.